The fourth-order valence-corrected chi connectivity index (χ4v) is 1.50. The van der Waals surface area contributed by atoms with Gasteiger partial charge >= 0.3 is 5.97 Å². The predicted molar refractivity (Wildman–Crippen MR) is 64.5 cm³/mol. The Bertz CT molecular complexity index is 505. The van der Waals surface area contributed by atoms with Crippen molar-refractivity contribution in [3.05, 3.63) is 35.4 Å². The van der Waals surface area contributed by atoms with Crippen LogP contribution in [0.15, 0.2) is 18.2 Å². The molecule has 2 N–H and O–H groups in total. The number of carbonyl (C=O) groups excluding carboxylic acids is 1. The molecule has 4 nitrogen and oxygen atoms in total. The van der Waals surface area contributed by atoms with Crippen LogP contribution in [-0.2, 0) is 16.0 Å². The summed E-state index contributed by atoms with van der Waals surface area (Å²) in [7, 11) is 0. The van der Waals surface area contributed by atoms with E-state index in [0.717, 1.165) is 18.2 Å². The van der Waals surface area contributed by atoms with Crippen molar-refractivity contribution in [1.82, 2.24) is 5.32 Å². The Morgan fingerprint density at radius 2 is 2.00 bits per heavy atom. The van der Waals surface area contributed by atoms with Gasteiger partial charge in [-0.2, -0.15) is 0 Å². The van der Waals surface area contributed by atoms with E-state index in [2.05, 4.69) is 5.32 Å². The van der Waals surface area contributed by atoms with E-state index in [4.69, 9.17) is 5.11 Å². The molecule has 0 radical (unpaired) electrons. The summed E-state index contributed by atoms with van der Waals surface area (Å²) in [4.78, 5) is 22.7. The second kappa shape index (κ2) is 5.77. The zero-order chi connectivity index (χ0) is 14.6. The molecule has 0 spiro atoms. The zero-order valence-corrected chi connectivity index (χ0v) is 10.7. The minimum Gasteiger partial charge on any atom is -0.480 e. The van der Waals surface area contributed by atoms with Crippen molar-refractivity contribution in [2.24, 2.45) is 0 Å². The lowest BCUT2D eigenvalue weighted by Crippen LogP contribution is -2.52. The lowest BCUT2D eigenvalue weighted by Gasteiger charge is -2.24. The fraction of sp³-hybridized carbons (Fsp3) is 0.385. The molecule has 0 aliphatic rings. The van der Waals surface area contributed by atoms with Gasteiger partial charge in [-0.15, -0.1) is 0 Å². The van der Waals surface area contributed by atoms with Crippen molar-refractivity contribution in [2.45, 2.75) is 32.2 Å². The molecule has 19 heavy (non-hydrogen) atoms. The number of hydrogen-bond acceptors (Lipinski definition) is 2. The first-order chi connectivity index (χ1) is 8.78. The van der Waals surface area contributed by atoms with Crippen molar-refractivity contribution in [3.8, 4) is 0 Å². The van der Waals surface area contributed by atoms with E-state index in [1.807, 2.05) is 0 Å². The number of carboxylic acid groups (broad SMARTS) is 1. The summed E-state index contributed by atoms with van der Waals surface area (Å²) >= 11 is 0. The van der Waals surface area contributed by atoms with E-state index >= 15 is 0 Å². The van der Waals surface area contributed by atoms with Crippen LogP contribution in [0.25, 0.3) is 0 Å². The fourth-order valence-electron chi connectivity index (χ4n) is 1.50. The van der Waals surface area contributed by atoms with E-state index in [9.17, 15) is 18.4 Å². The highest BCUT2D eigenvalue weighted by Crippen LogP contribution is 2.13. The minimum absolute atomic E-state index is 0.110. The quantitative estimate of drug-likeness (QED) is 0.859. The molecule has 0 fully saturated rings. The summed E-state index contributed by atoms with van der Waals surface area (Å²) in [5, 5.41) is 11.3. The zero-order valence-electron chi connectivity index (χ0n) is 10.7. The molecule has 1 aromatic carbocycles. The van der Waals surface area contributed by atoms with E-state index in [1.54, 1.807) is 6.92 Å². The van der Waals surface area contributed by atoms with Gasteiger partial charge in [-0.05, 0) is 31.5 Å². The molecule has 1 unspecified atom stereocenters. The first-order valence-corrected chi connectivity index (χ1v) is 5.77. The van der Waals surface area contributed by atoms with Crippen LogP contribution >= 0.6 is 0 Å². The smallest absolute Gasteiger partial charge is 0.329 e. The topological polar surface area (TPSA) is 66.4 Å². The maximum atomic E-state index is 13.3. The molecule has 0 heterocycles. The van der Waals surface area contributed by atoms with Crippen molar-refractivity contribution >= 4 is 11.9 Å². The predicted octanol–water partition coefficient (Wildman–Crippen LogP) is 1.88. The summed E-state index contributed by atoms with van der Waals surface area (Å²) < 4.78 is 26.3. The van der Waals surface area contributed by atoms with Gasteiger partial charge in [0.15, 0.2) is 0 Å². The second-order valence-electron chi connectivity index (χ2n) is 4.45. The van der Waals surface area contributed by atoms with Gasteiger partial charge in [0.1, 0.15) is 17.2 Å². The molecular formula is C13H15F2NO3. The number of carbonyl (C=O) groups is 2. The van der Waals surface area contributed by atoms with Gasteiger partial charge in [-0.3, -0.25) is 4.79 Å². The molecule has 0 aliphatic carbocycles. The SMILES string of the molecule is CCC(C)(NC(=O)Cc1cc(F)ccc1F)C(=O)O. The van der Waals surface area contributed by atoms with Gasteiger partial charge < -0.3 is 10.4 Å². The molecule has 1 atom stereocenters. The lowest BCUT2D eigenvalue weighted by molar-refractivity contribution is -0.146. The van der Waals surface area contributed by atoms with Gasteiger partial charge in [0.2, 0.25) is 5.91 Å². The molecule has 0 saturated carbocycles. The molecule has 1 amide bonds. The van der Waals surface area contributed by atoms with E-state index < -0.39 is 35.5 Å². The molecule has 0 aliphatic heterocycles. The standard InChI is InChI=1S/C13H15F2NO3/c1-3-13(2,12(18)19)16-11(17)7-8-6-9(14)4-5-10(8)15/h4-6H,3,7H2,1-2H3,(H,16,17)(H,18,19). The molecule has 104 valence electrons. The Morgan fingerprint density at radius 3 is 2.53 bits per heavy atom. The van der Waals surface area contributed by atoms with Gasteiger partial charge in [0.25, 0.3) is 0 Å². The maximum absolute atomic E-state index is 13.3. The van der Waals surface area contributed by atoms with Crippen LogP contribution in [-0.4, -0.2) is 22.5 Å². The highest BCUT2D eigenvalue weighted by atomic mass is 19.1. The highest BCUT2D eigenvalue weighted by molar-refractivity contribution is 5.87. The normalized spacial score (nSPS) is 13.7. The van der Waals surface area contributed by atoms with E-state index in [0.29, 0.717) is 0 Å². The Hall–Kier alpha value is -1.98. The summed E-state index contributed by atoms with van der Waals surface area (Å²) in [5.41, 5.74) is -1.53. The Morgan fingerprint density at radius 1 is 1.37 bits per heavy atom. The molecule has 6 heteroatoms. The largest absolute Gasteiger partial charge is 0.480 e. The van der Waals surface area contributed by atoms with Crippen LogP contribution in [0, 0.1) is 11.6 Å². The maximum Gasteiger partial charge on any atom is 0.329 e. The van der Waals surface area contributed by atoms with Gasteiger partial charge in [-0.25, -0.2) is 13.6 Å². The lowest BCUT2D eigenvalue weighted by atomic mass is 9.98. The molecule has 1 aromatic rings. The molecule has 0 aromatic heterocycles. The molecule has 0 saturated heterocycles. The minimum atomic E-state index is -1.42. The Labute approximate surface area is 109 Å². The average Bonchev–Trinajstić information content (AvgIpc) is 2.33. The van der Waals surface area contributed by atoms with Crippen LogP contribution in [0.4, 0.5) is 8.78 Å². The van der Waals surface area contributed by atoms with E-state index in [1.165, 1.54) is 6.92 Å². The third-order valence-corrected chi connectivity index (χ3v) is 2.95. The van der Waals surface area contributed by atoms with Crippen LogP contribution in [0.2, 0.25) is 0 Å². The Kier molecular flexibility index (Phi) is 4.58. The second-order valence-corrected chi connectivity index (χ2v) is 4.45. The summed E-state index contributed by atoms with van der Waals surface area (Å²) in [6, 6.07) is 2.79. The third-order valence-electron chi connectivity index (χ3n) is 2.95. The Balaban J connectivity index is 2.80. The number of hydrogen-bond donors (Lipinski definition) is 2. The van der Waals surface area contributed by atoms with Gasteiger partial charge in [0, 0.05) is 5.56 Å². The van der Waals surface area contributed by atoms with Gasteiger partial charge in [-0.1, -0.05) is 6.92 Å². The van der Waals surface area contributed by atoms with Crippen molar-refractivity contribution < 1.29 is 23.5 Å². The van der Waals surface area contributed by atoms with Crippen molar-refractivity contribution in [2.75, 3.05) is 0 Å². The number of halogens is 2. The van der Waals surface area contributed by atoms with Crippen LogP contribution in [0.5, 0.6) is 0 Å². The van der Waals surface area contributed by atoms with Crippen molar-refractivity contribution in [1.29, 1.82) is 0 Å². The van der Waals surface area contributed by atoms with Crippen LogP contribution in [0.1, 0.15) is 25.8 Å². The number of rotatable bonds is 5. The molecule has 0 bridgehead atoms. The van der Waals surface area contributed by atoms with E-state index in [-0.39, 0.29) is 12.0 Å². The monoisotopic (exact) mass is 271 g/mol. The summed E-state index contributed by atoms with van der Waals surface area (Å²) in [6.45, 7) is 2.96. The third kappa shape index (κ3) is 3.74. The van der Waals surface area contributed by atoms with Crippen LogP contribution in [0.3, 0.4) is 0 Å². The van der Waals surface area contributed by atoms with Gasteiger partial charge in [0.05, 0.1) is 6.42 Å². The molecular weight excluding hydrogens is 256 g/mol. The average molecular weight is 271 g/mol. The van der Waals surface area contributed by atoms with Crippen molar-refractivity contribution in [3.63, 3.8) is 0 Å². The first kappa shape index (κ1) is 15.1. The summed E-state index contributed by atoms with van der Waals surface area (Å²) in [6.07, 6.45) is -0.230. The number of carboxylic acids is 1. The van der Waals surface area contributed by atoms with Crippen LogP contribution < -0.4 is 5.32 Å². The molecule has 1 rings (SSSR count). The summed E-state index contributed by atoms with van der Waals surface area (Å²) in [5.74, 6) is -3.20. The first-order valence-electron chi connectivity index (χ1n) is 5.77. The number of benzene rings is 1. The highest BCUT2D eigenvalue weighted by Gasteiger charge is 2.32. The number of amides is 1. The number of aliphatic carboxylic acids is 1. The number of nitrogens with one attached hydrogen (secondary N) is 1.